The summed E-state index contributed by atoms with van der Waals surface area (Å²) in [5.74, 6) is -3.23. The minimum absolute atomic E-state index is 0.0128. The van der Waals surface area contributed by atoms with E-state index >= 15 is 0 Å². The predicted molar refractivity (Wildman–Crippen MR) is 93.3 cm³/mol. The molecule has 0 aliphatic carbocycles. The summed E-state index contributed by atoms with van der Waals surface area (Å²) in [7, 11) is 0. The number of rotatable bonds is 5. The Morgan fingerprint density at radius 2 is 1.96 bits per heavy atom. The fourth-order valence-corrected chi connectivity index (χ4v) is 2.71. The topological polar surface area (TPSA) is 75.7 Å². The number of nitrogens with one attached hydrogen (secondary N) is 1. The van der Waals surface area contributed by atoms with Crippen LogP contribution in [0.15, 0.2) is 42.5 Å². The molecule has 0 bridgehead atoms. The van der Waals surface area contributed by atoms with E-state index in [4.69, 9.17) is 4.74 Å². The standard InChI is InChI=1S/C19H16F2N2O4/c20-13-6-7-16(15(21)10-13)22-17(24)11-27-19(26)12-3-1-4-14(9-12)23-8-2-5-18(23)25/h1,3-4,6-7,9-10H,2,5,8,11H2,(H,22,24). The first-order valence-corrected chi connectivity index (χ1v) is 8.26. The van der Waals surface area contributed by atoms with Gasteiger partial charge in [-0.3, -0.25) is 9.59 Å². The summed E-state index contributed by atoms with van der Waals surface area (Å²) in [5.41, 5.74) is 0.560. The number of anilines is 2. The molecule has 0 radical (unpaired) electrons. The summed E-state index contributed by atoms with van der Waals surface area (Å²) in [4.78, 5) is 37.3. The molecule has 3 rings (SSSR count). The molecule has 0 aromatic heterocycles. The maximum atomic E-state index is 13.5. The second-order valence-electron chi connectivity index (χ2n) is 5.95. The molecular formula is C19H16F2N2O4. The summed E-state index contributed by atoms with van der Waals surface area (Å²) in [6.07, 6.45) is 1.22. The lowest BCUT2D eigenvalue weighted by Crippen LogP contribution is -2.24. The molecule has 1 fully saturated rings. The Morgan fingerprint density at radius 1 is 1.15 bits per heavy atom. The Labute approximate surface area is 153 Å². The van der Waals surface area contributed by atoms with E-state index in [2.05, 4.69) is 5.32 Å². The Kier molecular flexibility index (Phi) is 5.44. The average molecular weight is 374 g/mol. The number of amides is 2. The van der Waals surface area contributed by atoms with Crippen LogP contribution in [0.3, 0.4) is 0 Å². The predicted octanol–water partition coefficient (Wildman–Crippen LogP) is 2.89. The van der Waals surface area contributed by atoms with Crippen LogP contribution in [-0.4, -0.2) is 30.9 Å². The molecule has 27 heavy (non-hydrogen) atoms. The van der Waals surface area contributed by atoms with Crippen LogP contribution in [0.1, 0.15) is 23.2 Å². The third-order valence-corrected chi connectivity index (χ3v) is 4.01. The number of hydrogen-bond acceptors (Lipinski definition) is 4. The number of halogens is 2. The molecular weight excluding hydrogens is 358 g/mol. The van der Waals surface area contributed by atoms with Gasteiger partial charge in [0.15, 0.2) is 6.61 Å². The highest BCUT2D eigenvalue weighted by molar-refractivity contribution is 5.98. The van der Waals surface area contributed by atoms with Crippen molar-refractivity contribution in [3.63, 3.8) is 0 Å². The van der Waals surface area contributed by atoms with Crippen molar-refractivity contribution in [2.75, 3.05) is 23.4 Å². The molecule has 8 heteroatoms. The molecule has 1 aliphatic rings. The molecule has 0 unspecified atom stereocenters. The lowest BCUT2D eigenvalue weighted by molar-refractivity contribution is -0.119. The van der Waals surface area contributed by atoms with Crippen LogP contribution in [0.2, 0.25) is 0 Å². The number of ether oxygens (including phenoxy) is 1. The lowest BCUT2D eigenvalue weighted by Gasteiger charge is -2.16. The SMILES string of the molecule is O=C(COC(=O)c1cccc(N2CCCC2=O)c1)Nc1ccc(F)cc1F. The molecule has 0 spiro atoms. The van der Waals surface area contributed by atoms with Gasteiger partial charge in [-0.1, -0.05) is 6.07 Å². The van der Waals surface area contributed by atoms with Crippen LogP contribution in [0, 0.1) is 11.6 Å². The van der Waals surface area contributed by atoms with Crippen LogP contribution in [0.4, 0.5) is 20.2 Å². The minimum Gasteiger partial charge on any atom is -0.452 e. The first-order valence-electron chi connectivity index (χ1n) is 8.26. The van der Waals surface area contributed by atoms with E-state index in [1.807, 2.05) is 0 Å². The molecule has 0 atom stereocenters. The van der Waals surface area contributed by atoms with Crippen molar-refractivity contribution in [2.24, 2.45) is 0 Å². The fraction of sp³-hybridized carbons (Fsp3) is 0.211. The van der Waals surface area contributed by atoms with Gasteiger partial charge in [-0.25, -0.2) is 13.6 Å². The maximum absolute atomic E-state index is 13.5. The highest BCUT2D eigenvalue weighted by atomic mass is 19.1. The van der Waals surface area contributed by atoms with Gasteiger partial charge in [-0.05, 0) is 36.8 Å². The van der Waals surface area contributed by atoms with Gasteiger partial charge in [-0.15, -0.1) is 0 Å². The van der Waals surface area contributed by atoms with E-state index in [-0.39, 0.29) is 17.2 Å². The molecule has 1 aliphatic heterocycles. The highest BCUT2D eigenvalue weighted by Crippen LogP contribution is 2.22. The van der Waals surface area contributed by atoms with Crippen molar-refractivity contribution < 1.29 is 27.9 Å². The summed E-state index contributed by atoms with van der Waals surface area (Å²) in [6.45, 7) is -0.0501. The van der Waals surface area contributed by atoms with E-state index < -0.39 is 30.1 Å². The first kappa shape index (κ1) is 18.5. The second kappa shape index (κ2) is 7.94. The van der Waals surface area contributed by atoms with E-state index in [9.17, 15) is 23.2 Å². The zero-order chi connectivity index (χ0) is 19.4. The second-order valence-corrected chi connectivity index (χ2v) is 5.95. The van der Waals surface area contributed by atoms with Crippen LogP contribution >= 0.6 is 0 Å². The third-order valence-electron chi connectivity index (χ3n) is 4.01. The van der Waals surface area contributed by atoms with Crippen molar-refractivity contribution >= 4 is 29.2 Å². The lowest BCUT2D eigenvalue weighted by atomic mass is 10.2. The normalized spacial score (nSPS) is 13.6. The number of carbonyl (C=O) groups excluding carboxylic acids is 3. The molecule has 6 nitrogen and oxygen atoms in total. The van der Waals surface area contributed by atoms with E-state index in [1.165, 1.54) is 12.1 Å². The minimum atomic E-state index is -0.933. The van der Waals surface area contributed by atoms with Gasteiger partial charge < -0.3 is 15.0 Å². The maximum Gasteiger partial charge on any atom is 0.338 e. The third kappa shape index (κ3) is 4.46. The van der Waals surface area contributed by atoms with E-state index in [0.717, 1.165) is 18.6 Å². The summed E-state index contributed by atoms with van der Waals surface area (Å²) < 4.78 is 31.3. The molecule has 0 saturated carbocycles. The Hall–Kier alpha value is -3.29. The number of carbonyl (C=O) groups is 3. The number of esters is 1. The van der Waals surface area contributed by atoms with Crippen LogP contribution in [0.25, 0.3) is 0 Å². The Balaban J connectivity index is 1.59. The molecule has 1 saturated heterocycles. The Bertz CT molecular complexity index is 901. The molecule has 2 amide bonds. The Morgan fingerprint density at radius 3 is 2.67 bits per heavy atom. The van der Waals surface area contributed by atoms with Gasteiger partial charge in [0.25, 0.3) is 5.91 Å². The van der Waals surface area contributed by atoms with Crippen molar-refractivity contribution in [2.45, 2.75) is 12.8 Å². The molecule has 1 N–H and O–H groups in total. The van der Waals surface area contributed by atoms with Gasteiger partial charge in [-0.2, -0.15) is 0 Å². The molecule has 1 heterocycles. The van der Waals surface area contributed by atoms with Crippen LogP contribution < -0.4 is 10.2 Å². The first-order chi connectivity index (χ1) is 12.9. The van der Waals surface area contributed by atoms with Crippen LogP contribution in [-0.2, 0) is 14.3 Å². The highest BCUT2D eigenvalue weighted by Gasteiger charge is 2.22. The number of benzene rings is 2. The van der Waals surface area contributed by atoms with Gasteiger partial charge in [0, 0.05) is 24.7 Å². The average Bonchev–Trinajstić information content (AvgIpc) is 3.08. The van der Waals surface area contributed by atoms with E-state index in [1.54, 1.807) is 17.0 Å². The molecule has 2 aromatic carbocycles. The largest absolute Gasteiger partial charge is 0.452 e. The van der Waals surface area contributed by atoms with E-state index in [0.29, 0.717) is 24.7 Å². The van der Waals surface area contributed by atoms with Gasteiger partial charge in [0.05, 0.1) is 11.3 Å². The fourth-order valence-electron chi connectivity index (χ4n) is 2.71. The number of nitrogens with zero attached hydrogens (tertiary/aromatic N) is 1. The van der Waals surface area contributed by atoms with Crippen LogP contribution in [0.5, 0.6) is 0 Å². The quantitative estimate of drug-likeness (QED) is 0.817. The monoisotopic (exact) mass is 374 g/mol. The molecule has 2 aromatic rings. The summed E-state index contributed by atoms with van der Waals surface area (Å²) in [5, 5.41) is 2.20. The van der Waals surface area contributed by atoms with Crippen molar-refractivity contribution in [3.05, 3.63) is 59.7 Å². The van der Waals surface area contributed by atoms with Crippen molar-refractivity contribution in [3.8, 4) is 0 Å². The number of hydrogen-bond donors (Lipinski definition) is 1. The molecule has 140 valence electrons. The summed E-state index contributed by atoms with van der Waals surface area (Å²) in [6, 6.07) is 9.05. The van der Waals surface area contributed by atoms with Gasteiger partial charge >= 0.3 is 5.97 Å². The van der Waals surface area contributed by atoms with Gasteiger partial charge in [0.1, 0.15) is 11.6 Å². The zero-order valence-electron chi connectivity index (χ0n) is 14.2. The van der Waals surface area contributed by atoms with Crippen molar-refractivity contribution in [1.29, 1.82) is 0 Å². The van der Waals surface area contributed by atoms with Crippen molar-refractivity contribution in [1.82, 2.24) is 0 Å². The zero-order valence-corrected chi connectivity index (χ0v) is 14.2. The van der Waals surface area contributed by atoms with Gasteiger partial charge in [0.2, 0.25) is 5.91 Å². The summed E-state index contributed by atoms with van der Waals surface area (Å²) >= 11 is 0. The smallest absolute Gasteiger partial charge is 0.338 e.